The molecule has 148 valence electrons. The summed E-state index contributed by atoms with van der Waals surface area (Å²) in [7, 11) is 0. The van der Waals surface area contributed by atoms with Crippen LogP contribution in [0.2, 0.25) is 0 Å². The second-order valence-corrected chi connectivity index (χ2v) is 8.50. The van der Waals surface area contributed by atoms with Gasteiger partial charge in [0.1, 0.15) is 17.2 Å². The number of aromatic nitrogens is 2. The fourth-order valence-electron chi connectivity index (χ4n) is 4.05. The Hall–Kier alpha value is -2.22. The van der Waals surface area contributed by atoms with Gasteiger partial charge in [0.25, 0.3) is 5.91 Å². The molecule has 0 radical (unpaired) electrons. The molecule has 2 aliphatic heterocycles. The summed E-state index contributed by atoms with van der Waals surface area (Å²) in [5.74, 6) is 0.210. The molecule has 2 aliphatic rings. The fourth-order valence-corrected chi connectivity index (χ4v) is 4.05. The second-order valence-electron chi connectivity index (χ2n) is 8.50. The highest BCUT2D eigenvalue weighted by Gasteiger charge is 2.64. The van der Waals surface area contributed by atoms with Crippen LogP contribution >= 0.6 is 0 Å². The molecule has 8 nitrogen and oxygen atoms in total. The maximum Gasteiger partial charge on any atom is 0.411 e. The molecule has 4 atom stereocenters. The number of likely N-dealkylation sites (tertiary alicyclic amines) is 2. The minimum atomic E-state index is -0.899. The summed E-state index contributed by atoms with van der Waals surface area (Å²) in [6, 6.07) is 0.968. The molecule has 8 heteroatoms. The monoisotopic (exact) mass is 376 g/mol. The molecule has 0 aliphatic carbocycles. The van der Waals surface area contributed by atoms with Crippen LogP contribution in [0.25, 0.3) is 0 Å². The van der Waals surface area contributed by atoms with E-state index in [0.717, 1.165) is 6.42 Å². The molecule has 3 rings (SSSR count). The predicted octanol–water partition coefficient (Wildman–Crippen LogP) is 1.90. The predicted molar refractivity (Wildman–Crippen MR) is 97.7 cm³/mol. The molecular weight excluding hydrogens is 348 g/mol. The number of nitrogens with zero attached hydrogens (tertiary/aromatic N) is 4. The third kappa shape index (κ3) is 3.38. The van der Waals surface area contributed by atoms with Gasteiger partial charge in [-0.3, -0.25) is 9.69 Å². The van der Waals surface area contributed by atoms with Gasteiger partial charge in [0.2, 0.25) is 0 Å². The number of carbonyl (C=O) groups is 2. The topological polar surface area (TPSA) is 95.9 Å². The third-order valence-corrected chi connectivity index (χ3v) is 5.20. The highest BCUT2D eigenvalue weighted by Crippen LogP contribution is 2.46. The van der Waals surface area contributed by atoms with Crippen molar-refractivity contribution in [1.29, 1.82) is 0 Å². The lowest BCUT2D eigenvalue weighted by atomic mass is 9.83. The highest BCUT2D eigenvalue weighted by atomic mass is 16.6. The minimum absolute atomic E-state index is 0.0797. The first-order valence-electron chi connectivity index (χ1n) is 9.35. The molecular formula is C19H28N4O4. The smallest absolute Gasteiger partial charge is 0.411 e. The first kappa shape index (κ1) is 19.5. The van der Waals surface area contributed by atoms with E-state index in [-0.39, 0.29) is 11.9 Å². The van der Waals surface area contributed by atoms with E-state index in [0.29, 0.717) is 18.8 Å². The number of β-lactam (4-membered cyclic amide) rings is 1. The van der Waals surface area contributed by atoms with E-state index >= 15 is 0 Å². The molecule has 1 aromatic rings. The minimum Gasteiger partial charge on any atom is -0.444 e. The van der Waals surface area contributed by atoms with Crippen molar-refractivity contribution < 1.29 is 19.4 Å². The molecule has 3 unspecified atom stereocenters. The van der Waals surface area contributed by atoms with Crippen LogP contribution < -0.4 is 0 Å². The van der Waals surface area contributed by atoms with Crippen LogP contribution in [-0.2, 0) is 9.53 Å². The van der Waals surface area contributed by atoms with Gasteiger partial charge in [0.15, 0.2) is 5.82 Å². The molecule has 3 heterocycles. The summed E-state index contributed by atoms with van der Waals surface area (Å²) in [6.45, 7) is 9.31. The zero-order valence-corrected chi connectivity index (χ0v) is 16.5. The van der Waals surface area contributed by atoms with Crippen LogP contribution in [0.4, 0.5) is 4.79 Å². The van der Waals surface area contributed by atoms with Crippen molar-refractivity contribution in [3.05, 3.63) is 24.3 Å². The maximum absolute atomic E-state index is 13.2. The van der Waals surface area contributed by atoms with E-state index in [2.05, 4.69) is 9.97 Å². The van der Waals surface area contributed by atoms with Gasteiger partial charge in [-0.2, -0.15) is 0 Å². The quantitative estimate of drug-likeness (QED) is 0.810. The van der Waals surface area contributed by atoms with Crippen molar-refractivity contribution in [2.24, 2.45) is 0 Å². The van der Waals surface area contributed by atoms with Gasteiger partial charge in [-0.25, -0.2) is 14.8 Å². The van der Waals surface area contributed by atoms with Gasteiger partial charge in [0.05, 0.1) is 12.6 Å². The first-order valence-corrected chi connectivity index (χ1v) is 9.35. The number of rotatable bonds is 3. The lowest BCUT2D eigenvalue weighted by Crippen LogP contribution is -2.74. The molecule has 1 aromatic heterocycles. The Morgan fingerprint density at radius 3 is 2.52 bits per heavy atom. The number of aliphatic hydroxyl groups is 1. The summed E-state index contributed by atoms with van der Waals surface area (Å²) < 4.78 is 5.54. The Labute approximate surface area is 159 Å². The van der Waals surface area contributed by atoms with Crippen molar-refractivity contribution in [1.82, 2.24) is 19.8 Å². The third-order valence-electron chi connectivity index (χ3n) is 5.20. The van der Waals surface area contributed by atoms with E-state index in [4.69, 9.17) is 4.74 Å². The number of hydrogen-bond donors (Lipinski definition) is 1. The molecule has 1 N–H and O–H groups in total. The van der Waals surface area contributed by atoms with E-state index in [9.17, 15) is 14.7 Å². The largest absolute Gasteiger partial charge is 0.444 e. The summed E-state index contributed by atoms with van der Waals surface area (Å²) >= 11 is 0. The highest BCUT2D eigenvalue weighted by molar-refractivity contribution is 5.96. The Morgan fingerprint density at radius 2 is 2.00 bits per heavy atom. The second kappa shape index (κ2) is 6.74. The van der Waals surface area contributed by atoms with Crippen molar-refractivity contribution in [2.45, 2.75) is 76.8 Å². The van der Waals surface area contributed by atoms with Crippen LogP contribution in [0.1, 0.15) is 59.3 Å². The molecule has 0 bridgehead atoms. The summed E-state index contributed by atoms with van der Waals surface area (Å²) in [5.41, 5.74) is -1.53. The average Bonchev–Trinajstić information content (AvgIpc) is 2.93. The molecule has 2 fully saturated rings. The van der Waals surface area contributed by atoms with Crippen LogP contribution in [0.5, 0.6) is 0 Å². The fraction of sp³-hybridized carbons (Fsp3) is 0.684. The standard InChI is InChI=1S/C19H28N4O4/c1-12-7-8-19(23(12)17(26)27-18(3,4)5)11-22(16(19)25)14(13(2)24)15-20-9-6-10-21-15/h6,9-10,12-14,24H,7-8,11H2,1-5H3/t12?,13-,14?,19?/m1/s1. The number of ether oxygens (including phenoxy) is 1. The zero-order chi connectivity index (χ0) is 20.0. The normalized spacial score (nSPS) is 27.5. The van der Waals surface area contributed by atoms with Crippen molar-refractivity contribution in [2.75, 3.05) is 6.54 Å². The SMILES string of the molecule is CC1CCC2(CN(C(c3ncccn3)[C@@H](C)O)C2=O)N1C(=O)OC(C)(C)C. The number of amides is 2. The van der Waals surface area contributed by atoms with Crippen LogP contribution in [0.3, 0.4) is 0 Å². The van der Waals surface area contributed by atoms with E-state index in [1.807, 2.05) is 27.7 Å². The zero-order valence-electron chi connectivity index (χ0n) is 16.5. The van der Waals surface area contributed by atoms with Crippen LogP contribution in [0.15, 0.2) is 18.5 Å². The van der Waals surface area contributed by atoms with E-state index < -0.39 is 29.4 Å². The molecule has 27 heavy (non-hydrogen) atoms. The van der Waals surface area contributed by atoms with Gasteiger partial charge in [-0.15, -0.1) is 0 Å². The molecule has 0 saturated carbocycles. The number of aliphatic hydroxyl groups excluding tert-OH is 1. The Morgan fingerprint density at radius 1 is 1.37 bits per heavy atom. The Bertz CT molecular complexity index is 718. The van der Waals surface area contributed by atoms with Gasteiger partial charge in [-0.1, -0.05) is 0 Å². The average molecular weight is 376 g/mol. The van der Waals surface area contributed by atoms with Crippen LogP contribution in [0, 0.1) is 0 Å². The van der Waals surface area contributed by atoms with Crippen molar-refractivity contribution in [3.8, 4) is 0 Å². The van der Waals surface area contributed by atoms with Crippen molar-refractivity contribution >= 4 is 12.0 Å². The lowest BCUT2D eigenvalue weighted by molar-refractivity contribution is -0.170. The number of carbonyl (C=O) groups excluding carboxylic acids is 2. The Kier molecular flexibility index (Phi) is 4.88. The van der Waals surface area contributed by atoms with Gasteiger partial charge in [-0.05, 0) is 53.5 Å². The summed E-state index contributed by atoms with van der Waals surface area (Å²) in [5, 5.41) is 10.3. The molecule has 0 aromatic carbocycles. The number of hydrogen-bond acceptors (Lipinski definition) is 6. The molecule has 2 saturated heterocycles. The van der Waals surface area contributed by atoms with Crippen LogP contribution in [-0.4, -0.2) is 66.7 Å². The molecule has 2 amide bonds. The summed E-state index contributed by atoms with van der Waals surface area (Å²) in [4.78, 5) is 37.6. The van der Waals surface area contributed by atoms with Gasteiger partial charge in [0, 0.05) is 18.4 Å². The van der Waals surface area contributed by atoms with E-state index in [1.54, 1.807) is 35.2 Å². The van der Waals surface area contributed by atoms with E-state index in [1.165, 1.54) is 0 Å². The first-order chi connectivity index (χ1) is 12.6. The Balaban J connectivity index is 1.84. The maximum atomic E-state index is 13.2. The van der Waals surface area contributed by atoms with Gasteiger partial charge >= 0.3 is 6.09 Å². The lowest BCUT2D eigenvalue weighted by Gasteiger charge is -2.54. The summed E-state index contributed by atoms with van der Waals surface area (Å²) in [6.07, 6.45) is 3.20. The van der Waals surface area contributed by atoms with Crippen molar-refractivity contribution in [3.63, 3.8) is 0 Å². The molecule has 1 spiro atoms. The van der Waals surface area contributed by atoms with Gasteiger partial charge < -0.3 is 14.7 Å².